The van der Waals surface area contributed by atoms with E-state index >= 15 is 0 Å². The van der Waals surface area contributed by atoms with E-state index in [9.17, 15) is 4.21 Å². The van der Waals surface area contributed by atoms with Crippen molar-refractivity contribution in [2.24, 2.45) is 5.92 Å². The van der Waals surface area contributed by atoms with E-state index in [1.54, 1.807) is 18.2 Å². The average Bonchev–Trinajstić information content (AvgIpc) is 2.87. The Morgan fingerprint density at radius 1 is 1.50 bits per heavy atom. The third-order valence-electron chi connectivity index (χ3n) is 2.29. The van der Waals surface area contributed by atoms with Crippen molar-refractivity contribution in [2.75, 3.05) is 11.5 Å². The summed E-state index contributed by atoms with van der Waals surface area (Å²) >= 11 is 5.96. The molecule has 4 heteroatoms. The molecule has 0 spiro atoms. The third kappa shape index (κ3) is 2.28. The number of halogens is 1. The fourth-order valence-electron chi connectivity index (χ4n) is 1.29. The number of anilines is 1. The van der Waals surface area contributed by atoms with Crippen LogP contribution in [0.4, 0.5) is 5.69 Å². The monoisotopic (exact) mass is 229 g/mol. The number of hydrogen-bond acceptors (Lipinski definition) is 2. The molecule has 0 aromatic heterocycles. The maximum atomic E-state index is 11.8. The summed E-state index contributed by atoms with van der Waals surface area (Å²) in [6.45, 7) is 0. The summed E-state index contributed by atoms with van der Waals surface area (Å²) in [4.78, 5) is 0.716. The van der Waals surface area contributed by atoms with Gasteiger partial charge in [0.25, 0.3) is 0 Å². The van der Waals surface area contributed by atoms with E-state index in [-0.39, 0.29) is 0 Å². The Labute approximate surface area is 90.9 Å². The predicted octanol–water partition coefficient (Wildman–Crippen LogP) is 2.44. The summed E-state index contributed by atoms with van der Waals surface area (Å²) < 4.78 is 11.8. The summed E-state index contributed by atoms with van der Waals surface area (Å²) in [5.41, 5.74) is 6.17. The summed E-state index contributed by atoms with van der Waals surface area (Å²) in [6.07, 6.45) is 2.41. The lowest BCUT2D eigenvalue weighted by atomic mass is 10.3. The third-order valence-corrected chi connectivity index (χ3v) is 4.33. The molecule has 1 unspecified atom stereocenters. The molecule has 1 atom stereocenters. The molecule has 14 heavy (non-hydrogen) atoms. The van der Waals surface area contributed by atoms with Crippen molar-refractivity contribution in [3.63, 3.8) is 0 Å². The molecule has 1 aromatic carbocycles. The van der Waals surface area contributed by atoms with Gasteiger partial charge in [-0.3, -0.25) is 4.21 Å². The summed E-state index contributed by atoms with van der Waals surface area (Å²) in [5.74, 6) is 1.38. The maximum Gasteiger partial charge on any atom is 0.0587 e. The fourth-order valence-corrected chi connectivity index (χ4v) is 3.17. The van der Waals surface area contributed by atoms with Crippen LogP contribution in [-0.4, -0.2) is 9.96 Å². The van der Waals surface area contributed by atoms with Gasteiger partial charge in [-0.25, -0.2) is 0 Å². The summed E-state index contributed by atoms with van der Waals surface area (Å²) in [7, 11) is -0.958. The van der Waals surface area contributed by atoms with Crippen LogP contribution in [0.5, 0.6) is 0 Å². The van der Waals surface area contributed by atoms with Gasteiger partial charge in [0.05, 0.1) is 20.7 Å². The molecule has 0 amide bonds. The highest BCUT2D eigenvalue weighted by Gasteiger charge is 2.25. The van der Waals surface area contributed by atoms with Gasteiger partial charge < -0.3 is 5.73 Å². The van der Waals surface area contributed by atoms with E-state index in [4.69, 9.17) is 17.3 Å². The van der Waals surface area contributed by atoms with Gasteiger partial charge in [0, 0.05) is 11.4 Å². The van der Waals surface area contributed by atoms with Gasteiger partial charge in [0.1, 0.15) is 0 Å². The van der Waals surface area contributed by atoms with Crippen LogP contribution in [0.1, 0.15) is 12.8 Å². The van der Waals surface area contributed by atoms with Gasteiger partial charge in [-0.15, -0.1) is 0 Å². The topological polar surface area (TPSA) is 43.1 Å². The molecule has 2 nitrogen and oxygen atoms in total. The van der Waals surface area contributed by atoms with Crippen molar-refractivity contribution < 1.29 is 4.21 Å². The first-order chi connectivity index (χ1) is 6.66. The van der Waals surface area contributed by atoms with Crippen molar-refractivity contribution in [3.05, 3.63) is 23.2 Å². The van der Waals surface area contributed by atoms with Crippen LogP contribution in [0.3, 0.4) is 0 Å². The second kappa shape index (κ2) is 3.91. The zero-order chi connectivity index (χ0) is 10.1. The van der Waals surface area contributed by atoms with Crippen molar-refractivity contribution in [1.82, 2.24) is 0 Å². The molecule has 0 radical (unpaired) electrons. The molecule has 76 valence electrons. The second-order valence-corrected chi connectivity index (χ2v) is 5.52. The van der Waals surface area contributed by atoms with E-state index in [2.05, 4.69) is 0 Å². The van der Waals surface area contributed by atoms with Crippen molar-refractivity contribution in [1.29, 1.82) is 0 Å². The largest absolute Gasteiger partial charge is 0.399 e. The first kappa shape index (κ1) is 9.99. The summed E-state index contributed by atoms with van der Waals surface area (Å²) in [5, 5.41) is 0.518. The van der Waals surface area contributed by atoms with Crippen LogP contribution >= 0.6 is 11.6 Å². The first-order valence-corrected chi connectivity index (χ1v) is 6.30. The standard InChI is InChI=1S/C10H12ClNOS/c11-9-5-8(12)3-4-10(9)14(13)6-7-1-2-7/h3-5,7H,1-2,6,12H2. The minimum absolute atomic E-state index is 0.518. The van der Waals surface area contributed by atoms with E-state index in [1.165, 1.54) is 12.8 Å². The van der Waals surface area contributed by atoms with E-state index in [1.807, 2.05) is 0 Å². The van der Waals surface area contributed by atoms with Gasteiger partial charge >= 0.3 is 0 Å². The zero-order valence-corrected chi connectivity index (χ0v) is 9.27. The number of nitrogens with two attached hydrogens (primary N) is 1. The minimum atomic E-state index is -0.958. The molecular formula is C10H12ClNOS. The van der Waals surface area contributed by atoms with Crippen LogP contribution in [0.25, 0.3) is 0 Å². The molecule has 1 aromatic rings. The van der Waals surface area contributed by atoms with Crippen LogP contribution in [0, 0.1) is 5.92 Å². The number of nitrogen functional groups attached to an aromatic ring is 1. The zero-order valence-electron chi connectivity index (χ0n) is 7.70. The molecule has 0 saturated heterocycles. The number of rotatable bonds is 3. The molecule has 0 bridgehead atoms. The molecule has 2 N–H and O–H groups in total. The number of hydrogen-bond donors (Lipinski definition) is 1. The Balaban J connectivity index is 2.17. The normalized spacial score (nSPS) is 18.1. The Morgan fingerprint density at radius 3 is 2.79 bits per heavy atom. The van der Waals surface area contributed by atoms with E-state index < -0.39 is 10.8 Å². The van der Waals surface area contributed by atoms with Crippen LogP contribution in [0.2, 0.25) is 5.02 Å². The van der Waals surface area contributed by atoms with Gasteiger partial charge in [-0.2, -0.15) is 0 Å². The molecule has 1 saturated carbocycles. The lowest BCUT2D eigenvalue weighted by Gasteiger charge is -2.04. The van der Waals surface area contributed by atoms with Gasteiger partial charge in [0.2, 0.25) is 0 Å². The first-order valence-electron chi connectivity index (χ1n) is 4.60. The number of benzene rings is 1. The Morgan fingerprint density at radius 2 is 2.21 bits per heavy atom. The van der Waals surface area contributed by atoms with Crippen molar-refractivity contribution in [3.8, 4) is 0 Å². The smallest absolute Gasteiger partial charge is 0.0587 e. The molecule has 1 aliphatic carbocycles. The highest BCUT2D eigenvalue weighted by atomic mass is 35.5. The lowest BCUT2D eigenvalue weighted by molar-refractivity contribution is 0.680. The maximum absolute atomic E-state index is 11.8. The molecule has 2 rings (SSSR count). The molecule has 0 heterocycles. The SMILES string of the molecule is Nc1ccc(S(=O)CC2CC2)c(Cl)c1. The Hall–Kier alpha value is -0.540. The molecule has 0 aliphatic heterocycles. The van der Waals surface area contributed by atoms with Gasteiger partial charge in [0.15, 0.2) is 0 Å². The summed E-state index contributed by atoms with van der Waals surface area (Å²) in [6, 6.07) is 5.16. The van der Waals surface area contributed by atoms with Crippen molar-refractivity contribution in [2.45, 2.75) is 17.7 Å². The second-order valence-electron chi connectivity index (χ2n) is 3.65. The van der Waals surface area contributed by atoms with Crippen LogP contribution in [-0.2, 0) is 10.8 Å². The van der Waals surface area contributed by atoms with Gasteiger partial charge in [-0.05, 0) is 37.0 Å². The highest BCUT2D eigenvalue weighted by molar-refractivity contribution is 7.85. The minimum Gasteiger partial charge on any atom is -0.399 e. The van der Waals surface area contributed by atoms with E-state index in [0.29, 0.717) is 21.5 Å². The van der Waals surface area contributed by atoms with Crippen molar-refractivity contribution >= 4 is 28.1 Å². The predicted molar refractivity (Wildman–Crippen MR) is 59.9 cm³/mol. The van der Waals surface area contributed by atoms with Gasteiger partial charge in [-0.1, -0.05) is 11.6 Å². The lowest BCUT2D eigenvalue weighted by Crippen LogP contribution is -2.01. The fraction of sp³-hybridized carbons (Fsp3) is 0.400. The van der Waals surface area contributed by atoms with Crippen LogP contribution in [0.15, 0.2) is 23.1 Å². The quantitative estimate of drug-likeness (QED) is 0.810. The molecular weight excluding hydrogens is 218 g/mol. The van der Waals surface area contributed by atoms with E-state index in [0.717, 1.165) is 5.75 Å². The Kier molecular flexibility index (Phi) is 2.79. The Bertz CT molecular complexity index is 376. The molecule has 1 fully saturated rings. The molecule has 1 aliphatic rings. The van der Waals surface area contributed by atoms with Crippen LogP contribution < -0.4 is 5.73 Å². The highest BCUT2D eigenvalue weighted by Crippen LogP contribution is 2.32. The average molecular weight is 230 g/mol.